The molecule has 2 heterocycles. The van der Waals surface area contributed by atoms with Crippen molar-refractivity contribution in [3.05, 3.63) is 28.5 Å². The Morgan fingerprint density at radius 2 is 1.86 bits per heavy atom. The summed E-state index contributed by atoms with van der Waals surface area (Å²) in [5.74, 6) is 1.27. The molecule has 10 heteroatoms. The second-order valence-corrected chi connectivity index (χ2v) is 11.7. The number of aromatic nitrogens is 3. The van der Waals surface area contributed by atoms with Gasteiger partial charge in [0, 0.05) is 30.4 Å². The molecule has 37 heavy (non-hydrogen) atoms. The summed E-state index contributed by atoms with van der Waals surface area (Å²) in [7, 11) is 0. The second kappa shape index (κ2) is 11.6. The van der Waals surface area contributed by atoms with Crippen molar-refractivity contribution in [2.24, 2.45) is 11.8 Å². The third-order valence-corrected chi connectivity index (χ3v) is 7.38. The minimum absolute atomic E-state index is 0.0199. The maximum absolute atomic E-state index is 13.0. The van der Waals surface area contributed by atoms with Gasteiger partial charge < -0.3 is 10.6 Å². The SMILES string of the molecule is CCn1nc(C(=O)NCC2CCC(C)CC2)c(Cl)c1-c1cnc(NC(C)(C)CC(F)(F)F)cc1C(C)C. The van der Waals surface area contributed by atoms with Crippen molar-refractivity contribution in [2.75, 3.05) is 11.9 Å². The number of aryl methyl sites for hydroxylation is 1. The highest BCUT2D eigenvalue weighted by Gasteiger charge is 2.37. The molecule has 0 unspecified atom stereocenters. The maximum Gasteiger partial charge on any atom is 0.391 e. The summed E-state index contributed by atoms with van der Waals surface area (Å²) in [6, 6.07) is 1.76. The van der Waals surface area contributed by atoms with Crippen molar-refractivity contribution in [1.29, 1.82) is 0 Å². The number of nitrogens with zero attached hydrogens (tertiary/aromatic N) is 3. The monoisotopic (exact) mass is 541 g/mol. The van der Waals surface area contributed by atoms with Crippen LogP contribution in [0.4, 0.5) is 19.0 Å². The van der Waals surface area contributed by atoms with Gasteiger partial charge in [0.25, 0.3) is 5.91 Å². The maximum atomic E-state index is 13.0. The van der Waals surface area contributed by atoms with Crippen LogP contribution in [-0.2, 0) is 6.54 Å². The van der Waals surface area contributed by atoms with Gasteiger partial charge in [-0.1, -0.05) is 45.2 Å². The Bertz CT molecular complexity index is 1090. The van der Waals surface area contributed by atoms with Gasteiger partial charge in [-0.2, -0.15) is 18.3 Å². The van der Waals surface area contributed by atoms with E-state index in [2.05, 4.69) is 27.6 Å². The molecule has 0 bridgehead atoms. The molecular weight excluding hydrogens is 503 g/mol. The molecule has 0 atom stereocenters. The van der Waals surface area contributed by atoms with Gasteiger partial charge in [-0.3, -0.25) is 9.48 Å². The topological polar surface area (TPSA) is 71.8 Å². The van der Waals surface area contributed by atoms with E-state index in [0.29, 0.717) is 36.1 Å². The fourth-order valence-corrected chi connectivity index (χ4v) is 5.36. The largest absolute Gasteiger partial charge is 0.391 e. The first kappa shape index (κ1) is 29.3. The lowest BCUT2D eigenvalue weighted by Gasteiger charge is -2.28. The van der Waals surface area contributed by atoms with E-state index in [0.717, 1.165) is 24.3 Å². The van der Waals surface area contributed by atoms with E-state index in [1.165, 1.54) is 26.7 Å². The third kappa shape index (κ3) is 7.62. The number of nitrogens with one attached hydrogen (secondary N) is 2. The minimum Gasteiger partial charge on any atom is -0.365 e. The quantitative estimate of drug-likeness (QED) is 0.346. The Hall–Kier alpha value is -2.29. The van der Waals surface area contributed by atoms with E-state index in [1.807, 2.05) is 20.8 Å². The fourth-order valence-electron chi connectivity index (χ4n) is 5.03. The Kier molecular flexibility index (Phi) is 9.19. The van der Waals surface area contributed by atoms with Gasteiger partial charge in [-0.25, -0.2) is 4.98 Å². The lowest BCUT2D eigenvalue weighted by atomic mass is 9.83. The van der Waals surface area contributed by atoms with Crippen LogP contribution in [0.25, 0.3) is 11.3 Å². The standard InChI is InChI=1S/C27H39ClF3N5O/c1-7-36-24(22(28)23(35-36)25(37)33-13-18-10-8-17(4)9-11-18)20-14-32-21(12-19(20)16(2)3)34-26(5,6)15-27(29,30)31/h12,14,16-18H,7-11,13,15H2,1-6H3,(H,32,34)(H,33,37). The van der Waals surface area contributed by atoms with E-state index in [-0.39, 0.29) is 22.5 Å². The van der Waals surface area contributed by atoms with Crippen LogP contribution in [0.3, 0.4) is 0 Å². The fraction of sp³-hybridized carbons (Fsp3) is 0.667. The molecule has 0 aliphatic heterocycles. The van der Waals surface area contributed by atoms with Crippen LogP contribution in [-0.4, -0.2) is 38.9 Å². The van der Waals surface area contributed by atoms with Crippen LogP contribution in [0.15, 0.2) is 12.3 Å². The summed E-state index contributed by atoms with van der Waals surface area (Å²) in [6.45, 7) is 12.2. The van der Waals surface area contributed by atoms with Crippen LogP contribution in [0.1, 0.15) is 95.6 Å². The summed E-state index contributed by atoms with van der Waals surface area (Å²) in [4.78, 5) is 17.4. The van der Waals surface area contributed by atoms with Crippen molar-refractivity contribution in [3.8, 4) is 11.3 Å². The van der Waals surface area contributed by atoms with Gasteiger partial charge in [-0.05, 0) is 63.0 Å². The predicted octanol–water partition coefficient (Wildman–Crippen LogP) is 7.44. The van der Waals surface area contributed by atoms with Gasteiger partial charge in [0.2, 0.25) is 0 Å². The Morgan fingerprint density at radius 1 is 1.22 bits per heavy atom. The highest BCUT2D eigenvalue weighted by molar-refractivity contribution is 6.36. The molecule has 1 aliphatic carbocycles. The van der Waals surface area contributed by atoms with Crippen LogP contribution in [0.2, 0.25) is 5.02 Å². The van der Waals surface area contributed by atoms with Crippen LogP contribution < -0.4 is 10.6 Å². The first-order chi connectivity index (χ1) is 17.2. The lowest BCUT2D eigenvalue weighted by Crippen LogP contribution is -2.36. The molecule has 2 N–H and O–H groups in total. The molecule has 3 rings (SSSR count). The molecule has 206 valence electrons. The molecule has 0 saturated heterocycles. The van der Waals surface area contributed by atoms with Crippen molar-refractivity contribution < 1.29 is 18.0 Å². The molecule has 1 saturated carbocycles. The van der Waals surface area contributed by atoms with Gasteiger partial charge >= 0.3 is 6.18 Å². The number of pyridine rings is 1. The Morgan fingerprint density at radius 3 is 2.43 bits per heavy atom. The normalized spacial score (nSPS) is 18.8. The number of rotatable bonds is 9. The number of carbonyl (C=O) groups excluding carboxylic acids is 1. The van der Waals surface area contributed by atoms with Crippen LogP contribution in [0.5, 0.6) is 0 Å². The third-order valence-electron chi connectivity index (χ3n) is 7.02. The number of alkyl halides is 3. The number of hydrogen-bond acceptors (Lipinski definition) is 4. The number of carbonyl (C=O) groups is 1. The first-order valence-corrected chi connectivity index (χ1v) is 13.5. The van der Waals surface area contributed by atoms with Gasteiger partial charge in [0.15, 0.2) is 5.69 Å². The van der Waals surface area contributed by atoms with Crippen molar-refractivity contribution in [3.63, 3.8) is 0 Å². The van der Waals surface area contributed by atoms with E-state index in [4.69, 9.17) is 11.6 Å². The average Bonchev–Trinajstić information content (AvgIpc) is 3.12. The van der Waals surface area contributed by atoms with E-state index >= 15 is 0 Å². The summed E-state index contributed by atoms with van der Waals surface area (Å²) >= 11 is 6.76. The minimum atomic E-state index is -4.30. The highest BCUT2D eigenvalue weighted by atomic mass is 35.5. The second-order valence-electron chi connectivity index (χ2n) is 11.3. The molecule has 1 amide bonds. The van der Waals surface area contributed by atoms with E-state index in [1.54, 1.807) is 16.9 Å². The van der Waals surface area contributed by atoms with Crippen LogP contribution >= 0.6 is 11.6 Å². The smallest absolute Gasteiger partial charge is 0.365 e. The number of amides is 1. The van der Waals surface area contributed by atoms with Gasteiger partial charge in [0.1, 0.15) is 5.82 Å². The average molecular weight is 542 g/mol. The molecule has 2 aromatic rings. The summed E-state index contributed by atoms with van der Waals surface area (Å²) in [5.41, 5.74) is 1.07. The zero-order valence-electron chi connectivity index (χ0n) is 22.6. The van der Waals surface area contributed by atoms with Crippen molar-refractivity contribution >= 4 is 23.3 Å². The molecule has 6 nitrogen and oxygen atoms in total. The first-order valence-electron chi connectivity index (χ1n) is 13.1. The lowest BCUT2D eigenvalue weighted by molar-refractivity contribution is -0.142. The van der Waals surface area contributed by atoms with Crippen molar-refractivity contribution in [1.82, 2.24) is 20.1 Å². The summed E-state index contributed by atoms with van der Waals surface area (Å²) < 4.78 is 40.7. The van der Waals surface area contributed by atoms with Crippen molar-refractivity contribution in [2.45, 2.75) is 97.8 Å². The Balaban J connectivity index is 1.88. The van der Waals surface area contributed by atoms with E-state index < -0.39 is 18.1 Å². The summed E-state index contributed by atoms with van der Waals surface area (Å²) in [5, 5.41) is 10.7. The molecule has 0 radical (unpaired) electrons. The van der Waals surface area contributed by atoms with Gasteiger partial charge in [-0.15, -0.1) is 0 Å². The van der Waals surface area contributed by atoms with E-state index in [9.17, 15) is 18.0 Å². The number of anilines is 1. The predicted molar refractivity (Wildman–Crippen MR) is 142 cm³/mol. The molecule has 1 fully saturated rings. The Labute approximate surface area is 222 Å². The van der Waals surface area contributed by atoms with Gasteiger partial charge in [0.05, 0.1) is 17.1 Å². The number of halogens is 4. The molecular formula is C27H39ClF3N5O. The molecule has 0 spiro atoms. The zero-order valence-corrected chi connectivity index (χ0v) is 23.4. The zero-order chi connectivity index (χ0) is 27.5. The highest BCUT2D eigenvalue weighted by Crippen LogP contribution is 2.38. The molecule has 2 aromatic heterocycles. The molecule has 1 aliphatic rings. The number of hydrogen-bond donors (Lipinski definition) is 2. The molecule has 0 aromatic carbocycles. The summed E-state index contributed by atoms with van der Waals surface area (Å²) in [6.07, 6.45) is 0.873. The van der Waals surface area contributed by atoms with Crippen LogP contribution in [0, 0.1) is 11.8 Å².